The molecule has 0 saturated heterocycles. The van der Waals surface area contributed by atoms with Gasteiger partial charge in [0, 0.05) is 5.57 Å². The first-order valence-corrected chi connectivity index (χ1v) is 7.90. The molecule has 0 spiro atoms. The molecule has 214 valence electrons. The maximum absolute atomic E-state index is 13.5. The second kappa shape index (κ2) is 8.69. The number of rotatable bonds is 10. The van der Waals surface area contributed by atoms with E-state index >= 15 is 0 Å². The van der Waals surface area contributed by atoms with Crippen LogP contribution in [-0.4, -0.2) is 70.8 Å². The summed E-state index contributed by atoms with van der Waals surface area (Å²) in [7, 11) is 0. The Morgan fingerprint density at radius 1 is 0.556 bits per heavy atom. The van der Waals surface area contributed by atoms with Crippen molar-refractivity contribution in [2.45, 2.75) is 66.7 Å². The summed E-state index contributed by atoms with van der Waals surface area (Å²) < 4.78 is 262. The van der Waals surface area contributed by atoms with Crippen LogP contribution in [0.5, 0.6) is 0 Å². The molecule has 0 aromatic heterocycles. The number of alkyl halides is 20. The van der Waals surface area contributed by atoms with Crippen molar-refractivity contribution in [2.75, 3.05) is 0 Å². The molecule has 0 radical (unpaired) electrons. The molecule has 0 aromatic carbocycles. The quantitative estimate of drug-likeness (QED) is 0.221. The maximum Gasteiger partial charge on any atom is 0.460 e. The van der Waals surface area contributed by atoms with Gasteiger partial charge < -0.3 is 5.11 Å². The number of hydrogen-bond acceptors (Lipinski definition) is 1. The number of carboxylic acids is 1. The molecule has 1 atom stereocenters. The van der Waals surface area contributed by atoms with E-state index < -0.39 is 77.3 Å². The zero-order valence-corrected chi connectivity index (χ0v) is 16.1. The van der Waals surface area contributed by atoms with Crippen LogP contribution in [0.1, 0.15) is 6.92 Å². The van der Waals surface area contributed by atoms with E-state index in [1.165, 1.54) is 0 Å². The summed E-state index contributed by atoms with van der Waals surface area (Å²) >= 11 is 0. The van der Waals surface area contributed by atoms with E-state index in [1.807, 2.05) is 0 Å². The second-order valence-corrected chi connectivity index (χ2v) is 6.70. The van der Waals surface area contributed by atoms with Gasteiger partial charge in [0.05, 0.1) is 0 Å². The van der Waals surface area contributed by atoms with Gasteiger partial charge in [0.25, 0.3) is 0 Å². The highest BCUT2D eigenvalue weighted by atomic mass is 19.4. The number of carboxylic acid groups (broad SMARTS) is 1. The molecular weight excluding hydrogens is 580 g/mol. The monoisotopic (exact) mass is 586 g/mol. The summed E-state index contributed by atoms with van der Waals surface area (Å²) in [6.07, 6.45) is -14.3. The summed E-state index contributed by atoms with van der Waals surface area (Å²) in [4.78, 5) is 10.3. The van der Waals surface area contributed by atoms with Gasteiger partial charge in [-0.15, -0.1) is 0 Å². The van der Waals surface area contributed by atoms with Crippen LogP contribution >= 0.6 is 0 Å². The third kappa shape index (κ3) is 4.30. The van der Waals surface area contributed by atoms with Crippen LogP contribution in [-0.2, 0) is 4.79 Å². The number of carbonyl (C=O) groups is 1. The lowest BCUT2D eigenvalue weighted by Crippen LogP contribution is -2.76. The Labute approximate surface area is 183 Å². The van der Waals surface area contributed by atoms with E-state index in [-0.39, 0.29) is 6.92 Å². The van der Waals surface area contributed by atoms with E-state index in [0.29, 0.717) is 0 Å². The number of hydrogen-bond donors (Lipinski definition) is 1. The highest BCUT2D eigenvalue weighted by molar-refractivity contribution is 5.85. The molecule has 0 fully saturated rings. The van der Waals surface area contributed by atoms with Gasteiger partial charge >= 0.3 is 59.5 Å². The molecule has 22 heteroatoms. The van der Waals surface area contributed by atoms with Crippen LogP contribution < -0.4 is 0 Å². The standard InChI is InChI=1S/C14H6F20O2/c1-3(5(35)36)2-4(15)6(16,17)7(18,19)8(20,21)9(22,23)10(24,25)11(26,27)12(28,29)13(30,31)14(32,33)34/h2,4H,1H3,(H,35,36). The Bertz CT molecular complexity index is 866. The molecule has 0 rings (SSSR count). The van der Waals surface area contributed by atoms with Gasteiger partial charge in [-0.1, -0.05) is 0 Å². The lowest BCUT2D eigenvalue weighted by molar-refractivity contribution is -0.469. The molecule has 0 amide bonds. The number of halogens is 20. The van der Waals surface area contributed by atoms with Crippen molar-refractivity contribution in [3.05, 3.63) is 11.6 Å². The van der Waals surface area contributed by atoms with Crippen molar-refractivity contribution in [3.63, 3.8) is 0 Å². The summed E-state index contributed by atoms with van der Waals surface area (Å²) in [6.45, 7) is 0.0908. The number of allylic oxidation sites excluding steroid dienone is 1. The molecule has 0 saturated carbocycles. The van der Waals surface area contributed by atoms with Gasteiger partial charge in [0.15, 0.2) is 6.17 Å². The molecule has 2 nitrogen and oxygen atoms in total. The molecule has 1 N–H and O–H groups in total. The van der Waals surface area contributed by atoms with E-state index in [1.54, 1.807) is 0 Å². The largest absolute Gasteiger partial charge is 0.478 e. The van der Waals surface area contributed by atoms with Gasteiger partial charge in [-0.3, -0.25) is 0 Å². The van der Waals surface area contributed by atoms with Crippen LogP contribution in [0.15, 0.2) is 11.6 Å². The van der Waals surface area contributed by atoms with Crippen LogP contribution in [0.3, 0.4) is 0 Å². The molecule has 0 aliphatic rings. The highest BCUT2D eigenvalue weighted by Gasteiger charge is 2.97. The predicted octanol–water partition coefficient (Wildman–Crippen LogP) is 7.00. The average Bonchev–Trinajstić information content (AvgIpc) is 2.65. The highest BCUT2D eigenvalue weighted by Crippen LogP contribution is 2.65. The van der Waals surface area contributed by atoms with Crippen molar-refractivity contribution >= 4 is 5.97 Å². The Balaban J connectivity index is 7.00. The lowest BCUT2D eigenvalue weighted by Gasteiger charge is -2.44. The third-order valence-corrected chi connectivity index (χ3v) is 4.22. The summed E-state index contributed by atoms with van der Waals surface area (Å²) in [5, 5.41) is 8.25. The lowest BCUT2D eigenvalue weighted by atomic mass is 9.86. The first-order chi connectivity index (χ1) is 15.2. The second-order valence-electron chi connectivity index (χ2n) is 6.70. The number of aliphatic carboxylic acids is 1. The van der Waals surface area contributed by atoms with Crippen LogP contribution in [0.2, 0.25) is 0 Å². The Kier molecular flexibility index (Phi) is 8.16. The van der Waals surface area contributed by atoms with Crippen molar-refractivity contribution in [3.8, 4) is 0 Å². The summed E-state index contributed by atoms with van der Waals surface area (Å²) in [5.74, 6) is -71.5. The summed E-state index contributed by atoms with van der Waals surface area (Å²) in [5.41, 5.74) is -1.75. The fourth-order valence-electron chi connectivity index (χ4n) is 1.94. The SMILES string of the molecule is CC(=CC(F)C(F)(F)C(F)(F)C(F)(F)C(F)(F)C(F)(F)C(F)(F)C(F)(F)C(F)(F)C(F)(F)F)C(=O)O. The predicted molar refractivity (Wildman–Crippen MR) is 71.9 cm³/mol. The fraction of sp³-hybridized carbons (Fsp3) is 0.786. The van der Waals surface area contributed by atoms with E-state index in [9.17, 15) is 92.6 Å². The minimum absolute atomic E-state index is 0.0908. The van der Waals surface area contributed by atoms with Crippen molar-refractivity contribution in [2.24, 2.45) is 0 Å². The first-order valence-electron chi connectivity index (χ1n) is 7.90. The van der Waals surface area contributed by atoms with Crippen LogP contribution in [0.25, 0.3) is 0 Å². The maximum atomic E-state index is 13.5. The Morgan fingerprint density at radius 2 is 0.806 bits per heavy atom. The molecule has 0 aliphatic carbocycles. The topological polar surface area (TPSA) is 37.3 Å². The van der Waals surface area contributed by atoms with Crippen molar-refractivity contribution in [1.29, 1.82) is 0 Å². The molecule has 1 unspecified atom stereocenters. The van der Waals surface area contributed by atoms with Crippen molar-refractivity contribution in [1.82, 2.24) is 0 Å². The van der Waals surface area contributed by atoms with Gasteiger partial charge in [0.1, 0.15) is 0 Å². The zero-order valence-electron chi connectivity index (χ0n) is 16.1. The molecule has 0 aliphatic heterocycles. The van der Waals surface area contributed by atoms with Crippen molar-refractivity contribution < 1.29 is 97.7 Å². The van der Waals surface area contributed by atoms with E-state index in [4.69, 9.17) is 5.11 Å². The Morgan fingerprint density at radius 3 is 1.06 bits per heavy atom. The molecule has 0 aromatic rings. The normalized spacial score (nSPS) is 17.3. The van der Waals surface area contributed by atoms with E-state index in [0.717, 1.165) is 0 Å². The Hall–Kier alpha value is -2.19. The minimum Gasteiger partial charge on any atom is -0.478 e. The van der Waals surface area contributed by atoms with Crippen LogP contribution in [0.4, 0.5) is 87.8 Å². The zero-order chi connectivity index (χ0) is 29.9. The van der Waals surface area contributed by atoms with E-state index in [2.05, 4.69) is 0 Å². The van der Waals surface area contributed by atoms with Gasteiger partial charge in [-0.25, -0.2) is 9.18 Å². The van der Waals surface area contributed by atoms with Gasteiger partial charge in [-0.2, -0.15) is 83.4 Å². The third-order valence-electron chi connectivity index (χ3n) is 4.22. The minimum atomic E-state index is -9.11. The molecule has 0 heterocycles. The van der Waals surface area contributed by atoms with Gasteiger partial charge in [0.2, 0.25) is 0 Å². The summed E-state index contributed by atoms with van der Waals surface area (Å²) in [6, 6.07) is 0. The van der Waals surface area contributed by atoms with Crippen LogP contribution in [0, 0.1) is 0 Å². The molecular formula is C14H6F20O2. The fourth-order valence-corrected chi connectivity index (χ4v) is 1.94. The van der Waals surface area contributed by atoms with Gasteiger partial charge in [-0.05, 0) is 13.0 Å². The first kappa shape index (κ1) is 33.8. The molecule has 0 bridgehead atoms. The smallest absolute Gasteiger partial charge is 0.460 e. The molecule has 36 heavy (non-hydrogen) atoms. The average molecular weight is 586 g/mol.